The van der Waals surface area contributed by atoms with Crippen molar-refractivity contribution in [2.75, 3.05) is 26.2 Å². The van der Waals surface area contributed by atoms with E-state index in [1.54, 1.807) is 24.3 Å². The first-order valence-corrected chi connectivity index (χ1v) is 13.4. The van der Waals surface area contributed by atoms with E-state index in [2.05, 4.69) is 20.6 Å². The highest BCUT2D eigenvalue weighted by Gasteiger charge is 2.26. The molecule has 0 radical (unpaired) electrons. The number of ether oxygens (including phenoxy) is 1. The van der Waals surface area contributed by atoms with Crippen molar-refractivity contribution in [2.24, 2.45) is 0 Å². The maximum atomic E-state index is 13.6. The van der Waals surface area contributed by atoms with Gasteiger partial charge in [0.25, 0.3) is 5.91 Å². The van der Waals surface area contributed by atoms with Crippen molar-refractivity contribution in [3.05, 3.63) is 72.0 Å². The molecule has 1 fully saturated rings. The van der Waals surface area contributed by atoms with E-state index in [-0.39, 0.29) is 29.8 Å². The summed E-state index contributed by atoms with van der Waals surface area (Å²) in [7, 11) is -3.55. The van der Waals surface area contributed by atoms with Crippen LogP contribution in [0.1, 0.15) is 29.6 Å². The Labute approximate surface area is 213 Å². The molecule has 2 aromatic heterocycles. The standard InChI is InChI=1S/C25H25FN6O4S/c26-20-6-4-5-19(17-20)24-29-28-22-11-12-23(30-32(22)24)36-16-13-27-25(33)18-7-9-21(10-8-18)37(34,35)31-14-2-1-3-15-31/h4-12,17H,1-3,13-16H2,(H,27,33). The number of carbonyl (C=O) groups excluding carboxylic acids is 1. The Balaban J connectivity index is 1.17. The van der Waals surface area contributed by atoms with Crippen LogP contribution >= 0.6 is 0 Å². The van der Waals surface area contributed by atoms with Gasteiger partial charge in [0.1, 0.15) is 12.4 Å². The van der Waals surface area contributed by atoms with Gasteiger partial charge in [0.05, 0.1) is 11.4 Å². The Morgan fingerprint density at radius 1 is 1.00 bits per heavy atom. The highest BCUT2D eigenvalue weighted by Crippen LogP contribution is 2.21. The number of rotatable bonds is 8. The number of aromatic nitrogens is 4. The van der Waals surface area contributed by atoms with Gasteiger partial charge in [-0.15, -0.1) is 15.3 Å². The third-order valence-electron chi connectivity index (χ3n) is 6.03. The molecule has 3 heterocycles. The van der Waals surface area contributed by atoms with Crippen LogP contribution in [0, 0.1) is 5.82 Å². The van der Waals surface area contributed by atoms with Gasteiger partial charge in [-0.25, -0.2) is 12.8 Å². The number of halogens is 1. The average molecular weight is 525 g/mol. The van der Waals surface area contributed by atoms with E-state index in [1.165, 1.54) is 45.2 Å². The molecule has 0 aliphatic carbocycles. The summed E-state index contributed by atoms with van der Waals surface area (Å²) in [5, 5.41) is 15.2. The molecule has 37 heavy (non-hydrogen) atoms. The lowest BCUT2D eigenvalue weighted by atomic mass is 10.2. The molecule has 5 rings (SSSR count). The van der Waals surface area contributed by atoms with E-state index in [9.17, 15) is 17.6 Å². The minimum atomic E-state index is -3.55. The molecule has 1 amide bonds. The van der Waals surface area contributed by atoms with Gasteiger partial charge in [-0.3, -0.25) is 4.79 Å². The normalized spacial score (nSPS) is 14.5. The number of amides is 1. The molecule has 1 aliphatic rings. The number of carbonyl (C=O) groups is 1. The van der Waals surface area contributed by atoms with Gasteiger partial charge in [-0.05, 0) is 55.3 Å². The number of hydrogen-bond donors (Lipinski definition) is 1. The number of nitrogens with zero attached hydrogens (tertiary/aromatic N) is 5. The van der Waals surface area contributed by atoms with Crippen molar-refractivity contribution in [2.45, 2.75) is 24.2 Å². The van der Waals surface area contributed by atoms with Gasteiger partial charge < -0.3 is 10.1 Å². The number of sulfonamides is 1. The summed E-state index contributed by atoms with van der Waals surface area (Å²) >= 11 is 0. The molecule has 10 nitrogen and oxygen atoms in total. The molecule has 0 unspecified atom stereocenters. The van der Waals surface area contributed by atoms with E-state index in [0.717, 1.165) is 19.3 Å². The molecule has 2 aromatic carbocycles. The average Bonchev–Trinajstić information content (AvgIpc) is 3.35. The molecule has 1 N–H and O–H groups in total. The predicted octanol–water partition coefficient (Wildman–Crippen LogP) is 2.91. The number of hydrogen-bond acceptors (Lipinski definition) is 7. The fraction of sp³-hybridized carbons (Fsp3) is 0.280. The Kier molecular flexibility index (Phi) is 7.10. The zero-order valence-electron chi connectivity index (χ0n) is 19.9. The highest BCUT2D eigenvalue weighted by atomic mass is 32.2. The van der Waals surface area contributed by atoms with Gasteiger partial charge in [0.15, 0.2) is 11.5 Å². The van der Waals surface area contributed by atoms with E-state index >= 15 is 0 Å². The summed E-state index contributed by atoms with van der Waals surface area (Å²) < 4.78 is 47.8. The second-order valence-corrected chi connectivity index (χ2v) is 10.5. The maximum Gasteiger partial charge on any atom is 0.251 e. The van der Waals surface area contributed by atoms with E-state index < -0.39 is 15.8 Å². The summed E-state index contributed by atoms with van der Waals surface area (Å²) in [6.07, 6.45) is 2.76. The quantitative estimate of drug-likeness (QED) is 0.352. The molecule has 1 saturated heterocycles. The van der Waals surface area contributed by atoms with Gasteiger partial charge in [-0.1, -0.05) is 18.6 Å². The third kappa shape index (κ3) is 5.44. The van der Waals surface area contributed by atoms with Crippen LogP contribution in [0.3, 0.4) is 0 Å². The van der Waals surface area contributed by atoms with Crippen molar-refractivity contribution in [1.82, 2.24) is 29.4 Å². The fourth-order valence-electron chi connectivity index (χ4n) is 4.11. The second kappa shape index (κ2) is 10.6. The summed E-state index contributed by atoms with van der Waals surface area (Å²) in [6.45, 7) is 1.39. The van der Waals surface area contributed by atoms with Crippen molar-refractivity contribution in [1.29, 1.82) is 0 Å². The molecule has 4 aromatic rings. The number of fused-ring (bicyclic) bond motifs is 1. The van der Waals surface area contributed by atoms with Crippen molar-refractivity contribution in [3.63, 3.8) is 0 Å². The van der Waals surface area contributed by atoms with Crippen LogP contribution < -0.4 is 10.1 Å². The van der Waals surface area contributed by atoms with Crippen molar-refractivity contribution < 1.29 is 22.3 Å². The lowest BCUT2D eigenvalue weighted by Gasteiger charge is -2.25. The van der Waals surface area contributed by atoms with E-state index in [4.69, 9.17) is 4.74 Å². The van der Waals surface area contributed by atoms with Crippen LogP contribution in [-0.4, -0.2) is 64.7 Å². The first-order chi connectivity index (χ1) is 17.9. The van der Waals surface area contributed by atoms with Crippen LogP contribution in [0.4, 0.5) is 4.39 Å². The van der Waals surface area contributed by atoms with Crippen LogP contribution in [0.5, 0.6) is 5.88 Å². The smallest absolute Gasteiger partial charge is 0.251 e. The van der Waals surface area contributed by atoms with E-state index in [0.29, 0.717) is 35.7 Å². The van der Waals surface area contributed by atoms with Gasteiger partial charge in [-0.2, -0.15) is 8.82 Å². The molecule has 192 valence electrons. The lowest BCUT2D eigenvalue weighted by molar-refractivity contribution is 0.0946. The first-order valence-electron chi connectivity index (χ1n) is 11.9. The zero-order valence-corrected chi connectivity index (χ0v) is 20.7. The number of piperidine rings is 1. The minimum absolute atomic E-state index is 0.142. The van der Waals surface area contributed by atoms with Gasteiger partial charge >= 0.3 is 0 Å². The Morgan fingerprint density at radius 2 is 1.78 bits per heavy atom. The minimum Gasteiger partial charge on any atom is -0.475 e. The third-order valence-corrected chi connectivity index (χ3v) is 7.94. The van der Waals surface area contributed by atoms with Crippen LogP contribution in [-0.2, 0) is 10.0 Å². The highest BCUT2D eigenvalue weighted by molar-refractivity contribution is 7.89. The molecule has 0 saturated carbocycles. The largest absolute Gasteiger partial charge is 0.475 e. The zero-order chi connectivity index (χ0) is 25.8. The van der Waals surface area contributed by atoms with Crippen LogP contribution in [0.2, 0.25) is 0 Å². The van der Waals surface area contributed by atoms with Crippen molar-refractivity contribution in [3.8, 4) is 17.3 Å². The molecule has 0 bridgehead atoms. The summed E-state index contributed by atoms with van der Waals surface area (Å²) in [6, 6.07) is 15.2. The van der Waals surface area contributed by atoms with E-state index in [1.807, 2.05) is 0 Å². The first kappa shape index (κ1) is 24.8. The predicted molar refractivity (Wildman–Crippen MR) is 133 cm³/mol. The Morgan fingerprint density at radius 3 is 2.54 bits per heavy atom. The molecular formula is C25H25FN6O4S. The Bertz CT molecular complexity index is 1520. The fourth-order valence-corrected chi connectivity index (χ4v) is 5.63. The van der Waals surface area contributed by atoms with Crippen LogP contribution in [0.25, 0.3) is 17.0 Å². The monoisotopic (exact) mass is 524 g/mol. The van der Waals surface area contributed by atoms with Crippen molar-refractivity contribution >= 4 is 21.6 Å². The summed E-state index contributed by atoms with van der Waals surface area (Å²) in [4.78, 5) is 12.7. The maximum absolute atomic E-state index is 13.6. The molecular weight excluding hydrogens is 499 g/mol. The number of nitrogens with one attached hydrogen (secondary N) is 1. The molecule has 0 spiro atoms. The molecule has 12 heteroatoms. The second-order valence-electron chi connectivity index (χ2n) is 8.57. The lowest BCUT2D eigenvalue weighted by Crippen LogP contribution is -2.35. The topological polar surface area (TPSA) is 119 Å². The number of benzene rings is 2. The summed E-state index contributed by atoms with van der Waals surface area (Å²) in [5.74, 6) is -0.0812. The molecule has 0 atom stereocenters. The van der Waals surface area contributed by atoms with Gasteiger partial charge in [0, 0.05) is 30.3 Å². The van der Waals surface area contributed by atoms with Gasteiger partial charge in [0.2, 0.25) is 15.9 Å². The Hall–Kier alpha value is -3.90. The van der Waals surface area contributed by atoms with Crippen LogP contribution in [0.15, 0.2) is 65.6 Å². The summed E-state index contributed by atoms with van der Waals surface area (Å²) in [5.41, 5.74) is 1.35. The molecule has 1 aliphatic heterocycles. The SMILES string of the molecule is O=C(NCCOc1ccc2nnc(-c3cccc(F)c3)n2n1)c1ccc(S(=O)(=O)N2CCCCC2)cc1.